The SMILES string of the molecule is CNc1cccc(F)c1OC=O. The molecule has 3 nitrogen and oxygen atoms in total. The largest absolute Gasteiger partial charge is 0.423 e. The summed E-state index contributed by atoms with van der Waals surface area (Å²) in [5.74, 6) is -0.635. The van der Waals surface area contributed by atoms with Gasteiger partial charge in [-0.15, -0.1) is 0 Å². The Kier molecular flexibility index (Phi) is 2.63. The summed E-state index contributed by atoms with van der Waals surface area (Å²) in [6.45, 7) is 0.194. The van der Waals surface area contributed by atoms with E-state index in [4.69, 9.17) is 0 Å². The highest BCUT2D eigenvalue weighted by atomic mass is 19.1. The van der Waals surface area contributed by atoms with Gasteiger partial charge in [-0.05, 0) is 12.1 Å². The minimum Gasteiger partial charge on any atom is -0.423 e. The maximum Gasteiger partial charge on any atom is 0.298 e. The van der Waals surface area contributed by atoms with Crippen molar-refractivity contribution in [2.75, 3.05) is 12.4 Å². The van der Waals surface area contributed by atoms with Gasteiger partial charge in [0.1, 0.15) is 0 Å². The molecule has 0 radical (unpaired) electrons. The first-order valence-corrected chi connectivity index (χ1v) is 3.36. The zero-order valence-electron chi connectivity index (χ0n) is 6.50. The van der Waals surface area contributed by atoms with E-state index in [1.165, 1.54) is 12.1 Å². The van der Waals surface area contributed by atoms with Gasteiger partial charge in [0.2, 0.25) is 0 Å². The zero-order valence-corrected chi connectivity index (χ0v) is 6.50. The van der Waals surface area contributed by atoms with Gasteiger partial charge in [0.15, 0.2) is 11.6 Å². The average molecular weight is 169 g/mol. The van der Waals surface area contributed by atoms with Crippen LogP contribution in [0.1, 0.15) is 0 Å². The molecule has 0 saturated heterocycles. The van der Waals surface area contributed by atoms with Gasteiger partial charge >= 0.3 is 0 Å². The van der Waals surface area contributed by atoms with Crippen LogP contribution in [0.15, 0.2) is 18.2 Å². The topological polar surface area (TPSA) is 38.3 Å². The zero-order chi connectivity index (χ0) is 8.97. The number of hydrogen-bond acceptors (Lipinski definition) is 3. The molecule has 0 unspecified atom stereocenters. The van der Waals surface area contributed by atoms with Gasteiger partial charge in [-0.2, -0.15) is 0 Å². The van der Waals surface area contributed by atoms with Crippen LogP contribution in [0.5, 0.6) is 5.75 Å². The molecule has 64 valence electrons. The minimum absolute atomic E-state index is 0.0741. The van der Waals surface area contributed by atoms with Gasteiger partial charge in [0.05, 0.1) is 5.69 Å². The Balaban J connectivity index is 3.10. The van der Waals surface area contributed by atoms with Crippen LogP contribution < -0.4 is 10.1 Å². The van der Waals surface area contributed by atoms with Crippen molar-refractivity contribution in [3.05, 3.63) is 24.0 Å². The lowest BCUT2D eigenvalue weighted by molar-refractivity contribution is -0.120. The monoisotopic (exact) mass is 169 g/mol. The number of ether oxygens (including phenoxy) is 1. The molecule has 0 aliphatic carbocycles. The summed E-state index contributed by atoms with van der Waals surface area (Å²) in [6, 6.07) is 4.36. The fourth-order valence-corrected chi connectivity index (χ4v) is 0.874. The predicted octanol–water partition coefficient (Wildman–Crippen LogP) is 1.40. The van der Waals surface area contributed by atoms with E-state index < -0.39 is 5.82 Å². The summed E-state index contributed by atoms with van der Waals surface area (Å²) in [5.41, 5.74) is 0.446. The summed E-state index contributed by atoms with van der Waals surface area (Å²) >= 11 is 0. The number of anilines is 1. The second-order valence-electron chi connectivity index (χ2n) is 2.08. The number of rotatable bonds is 3. The Morgan fingerprint density at radius 2 is 2.33 bits per heavy atom. The summed E-state index contributed by atoms with van der Waals surface area (Å²) < 4.78 is 17.3. The molecule has 0 aliphatic rings. The average Bonchev–Trinajstić information content (AvgIpc) is 2.09. The van der Waals surface area contributed by atoms with E-state index in [1.807, 2.05) is 0 Å². The van der Waals surface area contributed by atoms with E-state index in [2.05, 4.69) is 10.1 Å². The van der Waals surface area contributed by atoms with Crippen LogP contribution in [-0.4, -0.2) is 13.5 Å². The predicted molar refractivity (Wildman–Crippen MR) is 42.6 cm³/mol. The molecule has 1 aromatic carbocycles. The van der Waals surface area contributed by atoms with Crippen molar-refractivity contribution in [2.45, 2.75) is 0 Å². The van der Waals surface area contributed by atoms with Gasteiger partial charge in [0, 0.05) is 7.05 Å². The highest BCUT2D eigenvalue weighted by molar-refractivity contribution is 5.61. The van der Waals surface area contributed by atoms with E-state index in [0.717, 1.165) is 0 Å². The lowest BCUT2D eigenvalue weighted by atomic mass is 10.3. The third-order valence-corrected chi connectivity index (χ3v) is 1.40. The number of hydrogen-bond donors (Lipinski definition) is 1. The highest BCUT2D eigenvalue weighted by Crippen LogP contribution is 2.26. The van der Waals surface area contributed by atoms with E-state index in [-0.39, 0.29) is 12.2 Å². The molecule has 1 aromatic rings. The van der Waals surface area contributed by atoms with E-state index >= 15 is 0 Å². The lowest BCUT2D eigenvalue weighted by Crippen LogP contribution is -1.98. The second kappa shape index (κ2) is 3.71. The van der Waals surface area contributed by atoms with Crippen LogP contribution in [0.25, 0.3) is 0 Å². The van der Waals surface area contributed by atoms with Gasteiger partial charge in [0.25, 0.3) is 6.47 Å². The van der Waals surface area contributed by atoms with Crippen LogP contribution in [0.3, 0.4) is 0 Å². The molecule has 1 rings (SSSR count). The number of carbonyl (C=O) groups excluding carboxylic acids is 1. The summed E-state index contributed by atoms with van der Waals surface area (Å²) in [7, 11) is 1.62. The fourth-order valence-electron chi connectivity index (χ4n) is 0.874. The maximum atomic E-state index is 12.9. The Bertz CT molecular complexity index is 288. The van der Waals surface area contributed by atoms with Crippen LogP contribution in [0.4, 0.5) is 10.1 Å². The number of para-hydroxylation sites is 1. The Hall–Kier alpha value is -1.58. The quantitative estimate of drug-likeness (QED) is 0.695. The first-order chi connectivity index (χ1) is 5.79. The molecule has 0 fully saturated rings. The van der Waals surface area contributed by atoms with Crippen LogP contribution in [-0.2, 0) is 4.79 Å². The molecule has 0 heterocycles. The third-order valence-electron chi connectivity index (χ3n) is 1.40. The first-order valence-electron chi connectivity index (χ1n) is 3.36. The molecule has 1 N–H and O–H groups in total. The van der Waals surface area contributed by atoms with Crippen molar-refractivity contribution in [1.82, 2.24) is 0 Å². The van der Waals surface area contributed by atoms with E-state index in [9.17, 15) is 9.18 Å². The molecule has 4 heteroatoms. The number of benzene rings is 1. The van der Waals surface area contributed by atoms with Crippen LogP contribution >= 0.6 is 0 Å². The Morgan fingerprint density at radius 3 is 2.92 bits per heavy atom. The standard InChI is InChI=1S/C8H8FNO2/c1-10-7-4-2-3-6(9)8(7)12-5-11/h2-5,10H,1H3. The molecule has 0 amide bonds. The molecular formula is C8H8FNO2. The fraction of sp³-hybridized carbons (Fsp3) is 0.125. The van der Waals surface area contributed by atoms with Crippen LogP contribution in [0.2, 0.25) is 0 Å². The minimum atomic E-state index is -0.561. The van der Waals surface area contributed by atoms with Crippen molar-refractivity contribution in [3.8, 4) is 5.75 Å². The van der Waals surface area contributed by atoms with Gasteiger partial charge < -0.3 is 10.1 Å². The highest BCUT2D eigenvalue weighted by Gasteiger charge is 2.07. The van der Waals surface area contributed by atoms with Crippen LogP contribution in [0, 0.1) is 5.82 Å². The van der Waals surface area contributed by atoms with Crippen molar-refractivity contribution in [2.24, 2.45) is 0 Å². The summed E-state index contributed by atoms with van der Waals surface area (Å²) in [4.78, 5) is 9.98. The van der Waals surface area contributed by atoms with E-state index in [1.54, 1.807) is 13.1 Å². The Labute approximate surface area is 69.2 Å². The number of carbonyl (C=O) groups is 1. The molecule has 12 heavy (non-hydrogen) atoms. The molecule has 0 atom stereocenters. The molecule has 0 aromatic heterocycles. The van der Waals surface area contributed by atoms with Gasteiger partial charge in [-0.3, -0.25) is 4.79 Å². The second-order valence-corrected chi connectivity index (χ2v) is 2.08. The normalized spacial score (nSPS) is 9.17. The smallest absolute Gasteiger partial charge is 0.298 e. The van der Waals surface area contributed by atoms with Gasteiger partial charge in [-0.1, -0.05) is 6.07 Å². The molecule has 0 aliphatic heterocycles. The van der Waals surface area contributed by atoms with E-state index in [0.29, 0.717) is 5.69 Å². The summed E-state index contributed by atoms with van der Waals surface area (Å²) in [5, 5.41) is 2.70. The van der Waals surface area contributed by atoms with Crippen molar-refractivity contribution >= 4 is 12.2 Å². The Morgan fingerprint density at radius 1 is 1.58 bits per heavy atom. The van der Waals surface area contributed by atoms with Crippen molar-refractivity contribution in [3.63, 3.8) is 0 Å². The molecule has 0 saturated carbocycles. The van der Waals surface area contributed by atoms with Gasteiger partial charge in [-0.25, -0.2) is 4.39 Å². The third kappa shape index (κ3) is 1.53. The molecule has 0 bridgehead atoms. The van der Waals surface area contributed by atoms with Crippen molar-refractivity contribution < 1.29 is 13.9 Å². The van der Waals surface area contributed by atoms with Crippen molar-refractivity contribution in [1.29, 1.82) is 0 Å². The number of nitrogens with one attached hydrogen (secondary N) is 1. The summed E-state index contributed by atoms with van der Waals surface area (Å²) in [6.07, 6.45) is 0. The number of halogens is 1. The maximum absolute atomic E-state index is 12.9. The molecular weight excluding hydrogens is 161 g/mol. The first kappa shape index (κ1) is 8.52. The molecule has 0 spiro atoms. The lowest BCUT2D eigenvalue weighted by Gasteiger charge is -2.06.